The average molecular weight is 715 g/mol. The Morgan fingerprint density at radius 1 is 1.02 bits per heavy atom. The van der Waals surface area contributed by atoms with Crippen LogP contribution in [0.5, 0.6) is 11.8 Å². The quantitative estimate of drug-likeness (QED) is 0.0774. The van der Waals surface area contributed by atoms with Crippen LogP contribution in [0.2, 0.25) is 0 Å². The third-order valence-electron chi connectivity index (χ3n) is 7.08. The number of anilines is 1. The summed E-state index contributed by atoms with van der Waals surface area (Å²) < 4.78 is 46.6. The standard InChI is InChI=1S/C26H35N8O14P/c27-23-20-24(31-13-30-23)33(14-32-20)25-22(21-15(45-25)12-44-49(40,41)48-21)46-26(39)29-7-9-43-11-10-42-8-6-28-16(35)2-1-3-19(38)47-34-17(36)4-5-18(34)37/h4-5,13-15,21-22,25,36-37H,1-3,6-12H2,(H,28,35)(H,29,39)(H,40,41)(H2,27,30,31). The normalized spacial score (nSPS) is 23.2. The Bertz CT molecular complexity index is 1650. The van der Waals surface area contributed by atoms with Gasteiger partial charge >= 0.3 is 19.9 Å². The Labute approximate surface area is 276 Å². The Morgan fingerprint density at radius 2 is 1.73 bits per heavy atom. The number of nitrogens with zero attached hydrogens (tertiary/aromatic N) is 5. The zero-order valence-corrected chi connectivity index (χ0v) is 26.7. The lowest BCUT2D eigenvalue weighted by molar-refractivity contribution is -0.145. The lowest BCUT2D eigenvalue weighted by Gasteiger charge is -2.29. The van der Waals surface area contributed by atoms with Gasteiger partial charge in [-0.15, -0.1) is 4.73 Å². The molecule has 2 fully saturated rings. The van der Waals surface area contributed by atoms with E-state index >= 15 is 0 Å². The van der Waals surface area contributed by atoms with E-state index in [9.17, 15) is 34.1 Å². The zero-order valence-electron chi connectivity index (χ0n) is 25.8. The smallest absolute Gasteiger partial charge is 0.472 e. The predicted octanol–water partition coefficient (Wildman–Crippen LogP) is -0.896. The Hall–Kier alpha value is -4.57. The van der Waals surface area contributed by atoms with Crippen LogP contribution < -0.4 is 21.2 Å². The van der Waals surface area contributed by atoms with Crippen molar-refractivity contribution in [3.8, 4) is 11.8 Å². The molecule has 0 saturated carbocycles. The molecule has 2 saturated heterocycles. The predicted molar refractivity (Wildman–Crippen MR) is 160 cm³/mol. The van der Waals surface area contributed by atoms with Gasteiger partial charge in [-0.1, -0.05) is 0 Å². The summed E-state index contributed by atoms with van der Waals surface area (Å²) >= 11 is 0. The molecule has 23 heteroatoms. The second-order valence-corrected chi connectivity index (χ2v) is 11.9. The molecule has 49 heavy (non-hydrogen) atoms. The molecule has 5 heterocycles. The maximum atomic E-state index is 12.7. The Morgan fingerprint density at radius 3 is 2.47 bits per heavy atom. The first-order valence-corrected chi connectivity index (χ1v) is 16.4. The SMILES string of the molecule is Nc1ncnc2c1ncn2C1OC2COP(=O)(O)OC2C1OC(=O)NCCOCCOCCNC(=O)CCCC(=O)On1c(O)ccc1O. The number of hydrogen-bond acceptors (Lipinski definition) is 17. The fourth-order valence-electron chi connectivity index (χ4n) is 4.83. The number of carbonyl (C=O) groups excluding carboxylic acids is 3. The third-order valence-corrected chi connectivity index (χ3v) is 8.06. The summed E-state index contributed by atoms with van der Waals surface area (Å²) in [5, 5.41) is 24.1. The van der Waals surface area contributed by atoms with Crippen molar-refractivity contribution >= 4 is 42.8 Å². The highest BCUT2D eigenvalue weighted by molar-refractivity contribution is 7.47. The van der Waals surface area contributed by atoms with Crippen molar-refractivity contribution in [2.45, 2.75) is 43.8 Å². The van der Waals surface area contributed by atoms with Crippen molar-refractivity contribution in [1.29, 1.82) is 0 Å². The van der Waals surface area contributed by atoms with Crippen LogP contribution in [-0.2, 0) is 42.1 Å². The van der Waals surface area contributed by atoms with Crippen LogP contribution in [0.1, 0.15) is 25.5 Å². The average Bonchev–Trinajstić information content (AvgIpc) is 3.73. The molecule has 22 nitrogen and oxygen atoms in total. The van der Waals surface area contributed by atoms with Crippen LogP contribution in [0.3, 0.4) is 0 Å². The molecule has 3 aromatic rings. The fraction of sp³-hybridized carbons (Fsp3) is 0.538. The fourth-order valence-corrected chi connectivity index (χ4v) is 5.79. The lowest BCUT2D eigenvalue weighted by atomic mass is 10.1. The van der Waals surface area contributed by atoms with E-state index in [2.05, 4.69) is 25.6 Å². The minimum atomic E-state index is -4.41. The highest BCUT2D eigenvalue weighted by atomic mass is 31.2. The van der Waals surface area contributed by atoms with Gasteiger partial charge in [-0.2, -0.15) is 0 Å². The number of imidazole rings is 1. The maximum absolute atomic E-state index is 12.7. The summed E-state index contributed by atoms with van der Waals surface area (Å²) in [5.74, 6) is -1.78. The number of ether oxygens (including phenoxy) is 4. The molecular weight excluding hydrogens is 679 g/mol. The number of nitrogens with two attached hydrogens (primary N) is 1. The number of aromatic nitrogens is 5. The maximum Gasteiger partial charge on any atom is 0.472 e. The van der Waals surface area contributed by atoms with E-state index in [0.29, 0.717) is 4.73 Å². The first kappa shape index (κ1) is 35.7. The first-order valence-electron chi connectivity index (χ1n) is 14.9. The van der Waals surface area contributed by atoms with Crippen LogP contribution in [0.4, 0.5) is 10.6 Å². The number of nitrogens with one attached hydrogen (secondary N) is 2. The second-order valence-electron chi connectivity index (χ2n) is 10.5. The van der Waals surface area contributed by atoms with Crippen molar-refractivity contribution in [3.05, 3.63) is 24.8 Å². The number of fused-ring (bicyclic) bond motifs is 2. The van der Waals surface area contributed by atoms with Gasteiger partial charge in [-0.25, -0.2) is 29.1 Å². The van der Waals surface area contributed by atoms with Gasteiger partial charge in [0.05, 0.1) is 39.4 Å². The van der Waals surface area contributed by atoms with Crippen molar-refractivity contribution in [2.75, 3.05) is 51.9 Å². The first-order chi connectivity index (χ1) is 23.5. The van der Waals surface area contributed by atoms with Gasteiger partial charge < -0.3 is 55.3 Å². The summed E-state index contributed by atoms with van der Waals surface area (Å²) in [5.41, 5.74) is 6.44. The molecule has 0 spiro atoms. The summed E-state index contributed by atoms with van der Waals surface area (Å²) in [6.07, 6.45) is -2.35. The number of phosphoric acid groups is 1. The molecule has 0 aliphatic carbocycles. The van der Waals surface area contributed by atoms with Gasteiger partial charge in [0.15, 0.2) is 23.8 Å². The van der Waals surface area contributed by atoms with Gasteiger partial charge in [0, 0.05) is 38.1 Å². The van der Waals surface area contributed by atoms with E-state index in [1.807, 2.05) is 0 Å². The topological polar surface area (TPSA) is 292 Å². The van der Waals surface area contributed by atoms with E-state index in [-0.39, 0.29) is 88.3 Å². The second kappa shape index (κ2) is 16.2. The number of alkyl carbamates (subject to hydrolysis) is 1. The molecule has 5 rings (SSSR count). The van der Waals surface area contributed by atoms with Gasteiger partial charge in [0.25, 0.3) is 0 Å². The molecule has 2 aliphatic heterocycles. The highest BCUT2D eigenvalue weighted by Gasteiger charge is 2.55. The van der Waals surface area contributed by atoms with Crippen LogP contribution in [0.25, 0.3) is 11.2 Å². The van der Waals surface area contributed by atoms with E-state index in [1.165, 1.54) is 17.2 Å². The molecule has 268 valence electrons. The van der Waals surface area contributed by atoms with Crippen molar-refractivity contribution in [1.82, 2.24) is 34.9 Å². The minimum Gasteiger partial charge on any atom is -0.492 e. The lowest BCUT2D eigenvalue weighted by Crippen LogP contribution is -2.43. The van der Waals surface area contributed by atoms with E-state index in [0.717, 1.165) is 12.1 Å². The van der Waals surface area contributed by atoms with Crippen molar-refractivity contribution < 1.29 is 66.9 Å². The molecule has 0 radical (unpaired) electrons. The molecule has 5 atom stereocenters. The molecule has 2 aliphatic rings. The zero-order chi connectivity index (χ0) is 35.0. The number of phosphoric ester groups is 1. The number of amides is 2. The summed E-state index contributed by atoms with van der Waals surface area (Å²) in [4.78, 5) is 63.3. The van der Waals surface area contributed by atoms with E-state index in [1.54, 1.807) is 0 Å². The highest BCUT2D eigenvalue weighted by Crippen LogP contribution is 2.53. The van der Waals surface area contributed by atoms with Crippen LogP contribution in [-0.4, -0.2) is 122 Å². The number of aromatic hydroxyl groups is 2. The molecule has 2 amide bonds. The van der Waals surface area contributed by atoms with Crippen LogP contribution >= 0.6 is 7.82 Å². The largest absolute Gasteiger partial charge is 0.492 e. The minimum absolute atomic E-state index is 0.0567. The molecule has 5 unspecified atom stereocenters. The number of carbonyl (C=O) groups is 3. The van der Waals surface area contributed by atoms with E-state index < -0.39 is 56.2 Å². The van der Waals surface area contributed by atoms with Gasteiger partial charge in [-0.05, 0) is 6.42 Å². The molecule has 7 N–H and O–H groups in total. The number of nitrogen functional groups attached to an aromatic ring is 1. The van der Waals surface area contributed by atoms with Gasteiger partial charge in [0.1, 0.15) is 24.1 Å². The molecule has 3 aromatic heterocycles. The van der Waals surface area contributed by atoms with Gasteiger partial charge in [-0.3, -0.25) is 18.4 Å². The molecular formula is C26H35N8O14P. The van der Waals surface area contributed by atoms with Crippen molar-refractivity contribution in [3.63, 3.8) is 0 Å². The summed E-state index contributed by atoms with van der Waals surface area (Å²) in [6.45, 7) is 0.727. The third kappa shape index (κ3) is 9.32. The van der Waals surface area contributed by atoms with Gasteiger partial charge in [0.2, 0.25) is 17.7 Å². The monoisotopic (exact) mass is 714 g/mol. The molecule has 0 aromatic carbocycles. The number of hydrogen-bond donors (Lipinski definition) is 6. The van der Waals surface area contributed by atoms with Crippen LogP contribution in [0.15, 0.2) is 24.8 Å². The van der Waals surface area contributed by atoms with E-state index in [4.69, 9.17) is 38.6 Å². The number of rotatable bonds is 16. The summed E-state index contributed by atoms with van der Waals surface area (Å²) in [7, 11) is -4.41. The molecule has 0 bridgehead atoms. The Kier molecular flexibility index (Phi) is 11.8. The van der Waals surface area contributed by atoms with Crippen molar-refractivity contribution in [2.24, 2.45) is 0 Å². The van der Waals surface area contributed by atoms with Crippen LogP contribution in [0, 0.1) is 0 Å². The Balaban J connectivity index is 0.944. The summed E-state index contributed by atoms with van der Waals surface area (Å²) in [6, 6.07) is 2.31.